The lowest BCUT2D eigenvalue weighted by Crippen LogP contribution is -2.63. The van der Waals surface area contributed by atoms with Crippen molar-refractivity contribution in [1.82, 2.24) is 9.21 Å². The Hall–Kier alpha value is -2.18. The minimum atomic E-state index is -3.43. The molecule has 5 nitrogen and oxygen atoms in total. The van der Waals surface area contributed by atoms with E-state index >= 15 is 0 Å². The highest BCUT2D eigenvalue weighted by Gasteiger charge is 2.53. The maximum atomic E-state index is 12.8. The first kappa shape index (κ1) is 18.8. The molecule has 0 bridgehead atoms. The quantitative estimate of drug-likeness (QED) is 0.775. The van der Waals surface area contributed by atoms with Crippen LogP contribution in [0.25, 0.3) is 0 Å². The van der Waals surface area contributed by atoms with Crippen LogP contribution in [0.2, 0.25) is 0 Å². The van der Waals surface area contributed by atoms with Crippen LogP contribution in [0.1, 0.15) is 47.5 Å². The summed E-state index contributed by atoms with van der Waals surface area (Å²) in [5, 5.41) is 0. The third-order valence-electron chi connectivity index (χ3n) is 6.77. The van der Waals surface area contributed by atoms with Crippen LogP contribution in [0.5, 0.6) is 0 Å². The van der Waals surface area contributed by atoms with Crippen molar-refractivity contribution >= 4 is 15.9 Å². The van der Waals surface area contributed by atoms with E-state index in [0.29, 0.717) is 24.6 Å². The first-order valence-electron chi connectivity index (χ1n) is 10.4. The lowest BCUT2D eigenvalue weighted by atomic mass is 9.56. The molecule has 5 rings (SSSR count). The van der Waals surface area contributed by atoms with Crippen LogP contribution in [0.4, 0.5) is 0 Å². The molecule has 1 aliphatic carbocycles. The molecule has 0 radical (unpaired) electrons. The van der Waals surface area contributed by atoms with Crippen LogP contribution in [0.15, 0.2) is 59.5 Å². The normalized spacial score (nSPS) is 21.7. The fourth-order valence-corrected chi connectivity index (χ4v) is 6.66. The summed E-state index contributed by atoms with van der Waals surface area (Å²) in [7, 11) is -3.43. The van der Waals surface area contributed by atoms with Gasteiger partial charge in [-0.05, 0) is 61.4 Å². The van der Waals surface area contributed by atoms with Crippen LogP contribution in [-0.4, -0.2) is 49.7 Å². The second kappa shape index (κ2) is 6.96. The average Bonchev–Trinajstić information content (AvgIpc) is 3.22. The summed E-state index contributed by atoms with van der Waals surface area (Å²) < 4.78 is 26.8. The van der Waals surface area contributed by atoms with E-state index in [1.807, 2.05) is 11.0 Å². The van der Waals surface area contributed by atoms with Gasteiger partial charge < -0.3 is 4.90 Å². The van der Waals surface area contributed by atoms with Crippen molar-refractivity contribution in [2.24, 2.45) is 5.41 Å². The zero-order valence-corrected chi connectivity index (χ0v) is 17.3. The third-order valence-corrected chi connectivity index (χ3v) is 8.69. The van der Waals surface area contributed by atoms with Crippen molar-refractivity contribution in [2.75, 3.05) is 26.2 Å². The van der Waals surface area contributed by atoms with Gasteiger partial charge >= 0.3 is 0 Å². The standard InChI is InChI=1S/C23H26N2O3S/c26-22(19-8-10-21(11-9-19)29(27,28)25-12-4-5-13-25)24-16-23(17-24)14-20(15-23)18-6-2-1-3-7-18/h1-3,6-11,20H,4-5,12-17H2. The minimum Gasteiger partial charge on any atom is -0.337 e. The molecule has 2 saturated heterocycles. The Morgan fingerprint density at radius 1 is 0.897 bits per heavy atom. The molecule has 1 saturated carbocycles. The summed E-state index contributed by atoms with van der Waals surface area (Å²) in [5.74, 6) is 0.618. The first-order chi connectivity index (χ1) is 14.0. The van der Waals surface area contributed by atoms with E-state index in [0.717, 1.165) is 38.8 Å². The van der Waals surface area contributed by atoms with E-state index in [1.54, 1.807) is 24.3 Å². The van der Waals surface area contributed by atoms with Crippen molar-refractivity contribution in [3.63, 3.8) is 0 Å². The van der Waals surface area contributed by atoms with Gasteiger partial charge in [0.15, 0.2) is 0 Å². The van der Waals surface area contributed by atoms with Gasteiger partial charge in [-0.15, -0.1) is 0 Å². The number of hydrogen-bond donors (Lipinski definition) is 0. The lowest BCUT2D eigenvalue weighted by molar-refractivity contribution is -0.0554. The van der Waals surface area contributed by atoms with E-state index in [9.17, 15) is 13.2 Å². The SMILES string of the molecule is O=C(c1ccc(S(=O)(=O)N2CCCC2)cc1)N1CC2(CC(c3ccccc3)C2)C1. The highest BCUT2D eigenvalue weighted by molar-refractivity contribution is 7.89. The largest absolute Gasteiger partial charge is 0.337 e. The van der Waals surface area contributed by atoms with Gasteiger partial charge in [-0.1, -0.05) is 30.3 Å². The predicted molar refractivity (Wildman–Crippen MR) is 111 cm³/mol. The fourth-order valence-electron chi connectivity index (χ4n) is 5.14. The Morgan fingerprint density at radius 3 is 2.14 bits per heavy atom. The number of sulfonamides is 1. The molecule has 2 heterocycles. The molecule has 0 atom stereocenters. The molecule has 3 aliphatic rings. The summed E-state index contributed by atoms with van der Waals surface area (Å²) in [6.07, 6.45) is 4.12. The highest BCUT2D eigenvalue weighted by atomic mass is 32.2. The molecule has 152 valence electrons. The molecule has 0 N–H and O–H groups in total. The zero-order valence-electron chi connectivity index (χ0n) is 16.5. The molecule has 6 heteroatoms. The Kier molecular flexibility index (Phi) is 4.51. The first-order valence-corrected chi connectivity index (χ1v) is 11.9. The number of nitrogens with zero attached hydrogens (tertiary/aromatic N) is 2. The zero-order chi connectivity index (χ0) is 20.1. The summed E-state index contributed by atoms with van der Waals surface area (Å²) in [4.78, 5) is 15.0. The van der Waals surface area contributed by atoms with Crippen LogP contribution < -0.4 is 0 Å². The van der Waals surface area contributed by atoms with Crippen molar-refractivity contribution < 1.29 is 13.2 Å². The number of rotatable bonds is 4. The fraction of sp³-hybridized carbons (Fsp3) is 0.435. The van der Waals surface area contributed by atoms with Crippen LogP contribution in [0.3, 0.4) is 0 Å². The molecule has 0 aromatic heterocycles. The van der Waals surface area contributed by atoms with E-state index < -0.39 is 10.0 Å². The maximum absolute atomic E-state index is 12.8. The van der Waals surface area contributed by atoms with E-state index in [1.165, 1.54) is 9.87 Å². The van der Waals surface area contributed by atoms with E-state index in [4.69, 9.17) is 0 Å². The van der Waals surface area contributed by atoms with Gasteiger partial charge in [0.1, 0.15) is 0 Å². The van der Waals surface area contributed by atoms with Crippen molar-refractivity contribution in [1.29, 1.82) is 0 Å². The van der Waals surface area contributed by atoms with E-state index in [-0.39, 0.29) is 16.2 Å². The topological polar surface area (TPSA) is 57.7 Å². The minimum absolute atomic E-state index is 0.00362. The predicted octanol–water partition coefficient (Wildman–Crippen LogP) is 3.49. The van der Waals surface area contributed by atoms with Gasteiger partial charge in [-0.25, -0.2) is 8.42 Å². The van der Waals surface area contributed by atoms with Crippen LogP contribution >= 0.6 is 0 Å². The van der Waals surface area contributed by atoms with Gasteiger partial charge in [-0.2, -0.15) is 4.31 Å². The van der Waals surface area contributed by atoms with E-state index in [2.05, 4.69) is 24.3 Å². The maximum Gasteiger partial charge on any atom is 0.253 e. The van der Waals surface area contributed by atoms with Crippen LogP contribution in [0, 0.1) is 5.41 Å². The second-order valence-electron chi connectivity index (χ2n) is 8.81. The number of likely N-dealkylation sites (tertiary alicyclic amines) is 1. The second-order valence-corrected chi connectivity index (χ2v) is 10.8. The Bertz CT molecular complexity index is 998. The summed E-state index contributed by atoms with van der Waals surface area (Å²) in [6, 6.07) is 17.1. The van der Waals surface area contributed by atoms with Gasteiger partial charge in [0.2, 0.25) is 10.0 Å². The Balaban J connectivity index is 1.19. The smallest absolute Gasteiger partial charge is 0.253 e. The molecular weight excluding hydrogens is 384 g/mol. The molecule has 29 heavy (non-hydrogen) atoms. The van der Waals surface area contributed by atoms with Gasteiger partial charge in [0.05, 0.1) is 4.90 Å². The monoisotopic (exact) mass is 410 g/mol. The summed E-state index contributed by atoms with van der Waals surface area (Å²) in [6.45, 7) is 2.79. The lowest BCUT2D eigenvalue weighted by Gasteiger charge is -2.59. The molecular formula is C23H26N2O3S. The molecule has 0 unspecified atom stereocenters. The number of benzene rings is 2. The molecule has 1 amide bonds. The molecule has 3 fully saturated rings. The molecule has 2 aliphatic heterocycles. The molecule has 2 aromatic rings. The van der Waals surface area contributed by atoms with Crippen LogP contribution in [-0.2, 0) is 10.0 Å². The number of amides is 1. The summed E-state index contributed by atoms with van der Waals surface area (Å²) in [5.41, 5.74) is 2.26. The summed E-state index contributed by atoms with van der Waals surface area (Å²) >= 11 is 0. The average molecular weight is 411 g/mol. The number of carbonyl (C=O) groups excluding carboxylic acids is 1. The highest BCUT2D eigenvalue weighted by Crippen LogP contribution is 2.56. The van der Waals surface area contributed by atoms with Crippen molar-refractivity contribution in [3.05, 3.63) is 65.7 Å². The van der Waals surface area contributed by atoms with Gasteiger partial charge in [0.25, 0.3) is 5.91 Å². The Morgan fingerprint density at radius 2 is 1.52 bits per heavy atom. The number of carbonyl (C=O) groups is 1. The third kappa shape index (κ3) is 3.28. The molecule has 1 spiro atoms. The van der Waals surface area contributed by atoms with Gasteiger partial charge in [0, 0.05) is 37.2 Å². The molecule has 2 aromatic carbocycles. The Labute approximate surface area is 172 Å². The van der Waals surface area contributed by atoms with Gasteiger partial charge in [-0.3, -0.25) is 4.79 Å². The van der Waals surface area contributed by atoms with Crippen molar-refractivity contribution in [2.45, 2.75) is 36.5 Å². The number of hydrogen-bond acceptors (Lipinski definition) is 3. The van der Waals surface area contributed by atoms with Crippen molar-refractivity contribution in [3.8, 4) is 0 Å².